The van der Waals surface area contributed by atoms with E-state index < -0.39 is 0 Å². The molecule has 1 aromatic rings. The molecule has 0 aliphatic carbocycles. The number of rotatable bonds is 7. The van der Waals surface area contributed by atoms with Crippen LogP contribution in [0.25, 0.3) is 0 Å². The Morgan fingerprint density at radius 3 is 2.26 bits per heavy atom. The van der Waals surface area contributed by atoms with E-state index in [1.54, 1.807) is 24.3 Å². The highest BCUT2D eigenvalue weighted by atomic mass is 16.5. The van der Waals surface area contributed by atoms with Crippen LogP contribution in [0.5, 0.6) is 0 Å². The highest BCUT2D eigenvalue weighted by Crippen LogP contribution is 2.22. The van der Waals surface area contributed by atoms with Crippen molar-refractivity contribution in [1.82, 2.24) is 15.1 Å². The molecule has 146 valence electrons. The first-order chi connectivity index (χ1) is 13.0. The van der Waals surface area contributed by atoms with E-state index >= 15 is 0 Å². The third-order valence-electron chi connectivity index (χ3n) is 4.91. The lowest BCUT2D eigenvalue weighted by molar-refractivity contribution is -0.121. The SMILES string of the molecule is CC1CN(CCNC(=O)CCCN2C(=O)c3ccccc3C2=O)CC(C)O1. The summed E-state index contributed by atoms with van der Waals surface area (Å²) in [7, 11) is 0. The largest absolute Gasteiger partial charge is 0.373 e. The molecule has 2 aliphatic rings. The lowest BCUT2D eigenvalue weighted by atomic mass is 10.1. The smallest absolute Gasteiger partial charge is 0.261 e. The van der Waals surface area contributed by atoms with Gasteiger partial charge in [-0.2, -0.15) is 0 Å². The van der Waals surface area contributed by atoms with Gasteiger partial charge in [-0.3, -0.25) is 24.2 Å². The molecule has 2 aliphatic heterocycles. The molecule has 27 heavy (non-hydrogen) atoms. The summed E-state index contributed by atoms with van der Waals surface area (Å²) >= 11 is 0. The maximum absolute atomic E-state index is 12.3. The molecule has 1 N–H and O–H groups in total. The van der Waals surface area contributed by atoms with Gasteiger partial charge in [-0.05, 0) is 32.4 Å². The van der Waals surface area contributed by atoms with Crippen molar-refractivity contribution in [3.8, 4) is 0 Å². The number of hydrogen-bond acceptors (Lipinski definition) is 5. The van der Waals surface area contributed by atoms with Gasteiger partial charge >= 0.3 is 0 Å². The standard InChI is InChI=1S/C20H27N3O4/c1-14-12-22(13-15(2)27-14)11-9-21-18(24)8-5-10-23-19(25)16-6-3-4-7-17(16)20(23)26/h3-4,6-7,14-15H,5,8-13H2,1-2H3,(H,21,24). The molecule has 0 aromatic heterocycles. The van der Waals surface area contributed by atoms with Gasteiger partial charge in [0.1, 0.15) is 0 Å². The minimum absolute atomic E-state index is 0.0547. The van der Waals surface area contributed by atoms with Crippen molar-refractivity contribution in [2.75, 3.05) is 32.7 Å². The molecule has 0 saturated carbocycles. The summed E-state index contributed by atoms with van der Waals surface area (Å²) in [5.74, 6) is -0.598. The van der Waals surface area contributed by atoms with Gasteiger partial charge in [0.05, 0.1) is 23.3 Å². The first-order valence-corrected chi connectivity index (χ1v) is 9.55. The number of ether oxygens (including phenoxy) is 1. The number of carbonyl (C=O) groups is 3. The van der Waals surface area contributed by atoms with Crippen LogP contribution in [0.3, 0.4) is 0 Å². The lowest BCUT2D eigenvalue weighted by Crippen LogP contribution is -2.47. The number of nitrogens with one attached hydrogen (secondary N) is 1. The van der Waals surface area contributed by atoms with Gasteiger partial charge < -0.3 is 10.1 Å². The lowest BCUT2D eigenvalue weighted by Gasteiger charge is -2.35. The second-order valence-electron chi connectivity index (χ2n) is 7.28. The van der Waals surface area contributed by atoms with Gasteiger partial charge in [-0.25, -0.2) is 0 Å². The number of imide groups is 1. The predicted molar refractivity (Wildman–Crippen MR) is 101 cm³/mol. The Bertz CT molecular complexity index is 676. The Kier molecular flexibility index (Phi) is 6.23. The second-order valence-corrected chi connectivity index (χ2v) is 7.28. The summed E-state index contributed by atoms with van der Waals surface area (Å²) < 4.78 is 5.70. The van der Waals surface area contributed by atoms with Gasteiger partial charge in [0.15, 0.2) is 0 Å². The molecular formula is C20H27N3O4. The number of amides is 3. The summed E-state index contributed by atoms with van der Waals surface area (Å²) in [6, 6.07) is 6.82. The fraction of sp³-hybridized carbons (Fsp3) is 0.550. The summed E-state index contributed by atoms with van der Waals surface area (Å²) in [4.78, 5) is 40.1. The van der Waals surface area contributed by atoms with Crippen molar-refractivity contribution >= 4 is 17.7 Å². The van der Waals surface area contributed by atoms with Crippen LogP contribution in [0, 0.1) is 0 Å². The zero-order chi connectivity index (χ0) is 19.4. The normalized spacial score (nSPS) is 22.8. The van der Waals surface area contributed by atoms with Crippen LogP contribution in [0.4, 0.5) is 0 Å². The number of nitrogens with zero attached hydrogens (tertiary/aromatic N) is 2. The van der Waals surface area contributed by atoms with E-state index in [1.807, 2.05) is 0 Å². The molecule has 1 aromatic carbocycles. The van der Waals surface area contributed by atoms with E-state index in [1.165, 1.54) is 4.90 Å². The Balaban J connectivity index is 1.36. The minimum atomic E-state index is -0.272. The van der Waals surface area contributed by atoms with Gasteiger partial charge in [-0.1, -0.05) is 12.1 Å². The highest BCUT2D eigenvalue weighted by Gasteiger charge is 2.34. The minimum Gasteiger partial charge on any atom is -0.373 e. The fourth-order valence-corrected chi connectivity index (χ4v) is 3.75. The van der Waals surface area contributed by atoms with Gasteiger partial charge in [-0.15, -0.1) is 0 Å². The molecule has 0 bridgehead atoms. The average Bonchev–Trinajstić information content (AvgIpc) is 2.86. The average molecular weight is 373 g/mol. The van der Waals surface area contributed by atoms with Crippen molar-refractivity contribution in [2.45, 2.75) is 38.9 Å². The van der Waals surface area contributed by atoms with Crippen molar-refractivity contribution < 1.29 is 19.1 Å². The zero-order valence-corrected chi connectivity index (χ0v) is 15.9. The van der Waals surface area contributed by atoms with Crippen LogP contribution in [0.2, 0.25) is 0 Å². The van der Waals surface area contributed by atoms with Crippen molar-refractivity contribution in [3.05, 3.63) is 35.4 Å². The van der Waals surface area contributed by atoms with Gasteiger partial charge in [0.2, 0.25) is 5.91 Å². The summed E-state index contributed by atoms with van der Waals surface area (Å²) in [5, 5.41) is 2.91. The highest BCUT2D eigenvalue weighted by molar-refractivity contribution is 6.21. The maximum Gasteiger partial charge on any atom is 0.261 e. The topological polar surface area (TPSA) is 79.0 Å². The zero-order valence-electron chi connectivity index (χ0n) is 15.9. The third-order valence-corrected chi connectivity index (χ3v) is 4.91. The van der Waals surface area contributed by atoms with E-state index in [9.17, 15) is 14.4 Å². The maximum atomic E-state index is 12.3. The number of hydrogen-bond donors (Lipinski definition) is 1. The molecule has 3 rings (SSSR count). The molecule has 7 nitrogen and oxygen atoms in total. The van der Waals surface area contributed by atoms with Crippen LogP contribution < -0.4 is 5.32 Å². The molecular weight excluding hydrogens is 346 g/mol. The quantitative estimate of drug-likeness (QED) is 0.729. The Morgan fingerprint density at radius 2 is 1.67 bits per heavy atom. The van der Waals surface area contributed by atoms with Crippen LogP contribution >= 0.6 is 0 Å². The summed E-state index contributed by atoms with van der Waals surface area (Å²) in [6.07, 6.45) is 1.18. The molecule has 2 unspecified atom stereocenters. The Hall–Kier alpha value is -2.25. The molecule has 2 atom stereocenters. The number of fused-ring (bicyclic) bond motifs is 1. The molecule has 0 spiro atoms. The third kappa shape index (κ3) is 4.73. The second kappa shape index (κ2) is 8.63. The Labute approximate surface area is 159 Å². The predicted octanol–water partition coefficient (Wildman–Crippen LogP) is 1.29. The number of carbonyl (C=O) groups excluding carboxylic acids is 3. The molecule has 1 saturated heterocycles. The van der Waals surface area contributed by atoms with E-state index in [0.717, 1.165) is 19.6 Å². The number of benzene rings is 1. The van der Waals surface area contributed by atoms with Gasteiger partial charge in [0, 0.05) is 39.1 Å². The van der Waals surface area contributed by atoms with Crippen LogP contribution in [-0.4, -0.2) is 72.5 Å². The summed E-state index contributed by atoms with van der Waals surface area (Å²) in [5.41, 5.74) is 0.891. The van der Waals surface area contributed by atoms with Crippen LogP contribution in [0.15, 0.2) is 24.3 Å². The van der Waals surface area contributed by atoms with Crippen LogP contribution in [0.1, 0.15) is 47.4 Å². The molecule has 0 radical (unpaired) electrons. The van der Waals surface area contributed by atoms with Crippen molar-refractivity contribution in [3.63, 3.8) is 0 Å². The van der Waals surface area contributed by atoms with Crippen molar-refractivity contribution in [1.29, 1.82) is 0 Å². The first-order valence-electron chi connectivity index (χ1n) is 9.55. The van der Waals surface area contributed by atoms with E-state index in [0.29, 0.717) is 30.5 Å². The van der Waals surface area contributed by atoms with Crippen molar-refractivity contribution in [2.24, 2.45) is 0 Å². The number of morpholine rings is 1. The monoisotopic (exact) mass is 373 g/mol. The molecule has 3 amide bonds. The van der Waals surface area contributed by atoms with E-state index in [2.05, 4.69) is 24.1 Å². The van der Waals surface area contributed by atoms with E-state index in [4.69, 9.17) is 4.74 Å². The first kappa shape index (κ1) is 19.5. The molecule has 2 heterocycles. The van der Waals surface area contributed by atoms with E-state index in [-0.39, 0.29) is 36.5 Å². The fourth-order valence-electron chi connectivity index (χ4n) is 3.75. The molecule has 1 fully saturated rings. The Morgan fingerprint density at radius 1 is 1.07 bits per heavy atom. The molecule has 7 heteroatoms. The summed E-state index contributed by atoms with van der Waals surface area (Å²) in [6.45, 7) is 7.51. The van der Waals surface area contributed by atoms with Gasteiger partial charge in [0.25, 0.3) is 11.8 Å². The van der Waals surface area contributed by atoms with Crippen LogP contribution in [-0.2, 0) is 9.53 Å².